The number of nitrogens with zero attached hydrogens (tertiary/aromatic N) is 2. The Bertz CT molecular complexity index is 630. The topological polar surface area (TPSA) is 48.2 Å². The Hall–Kier alpha value is -2.01. The van der Waals surface area contributed by atoms with Crippen LogP contribution in [0.5, 0.6) is 5.75 Å². The maximum atomic E-state index is 12.0. The molecule has 1 aromatic carbocycles. The van der Waals surface area contributed by atoms with Gasteiger partial charge in [0, 0.05) is 31.5 Å². The first-order chi connectivity index (χ1) is 10.2. The first-order valence-electron chi connectivity index (χ1n) is 7.25. The summed E-state index contributed by atoms with van der Waals surface area (Å²) < 4.78 is 8.75. The van der Waals surface area contributed by atoms with Gasteiger partial charge in [0.25, 0.3) is 0 Å². The highest BCUT2D eigenvalue weighted by atomic mass is 16.5. The Balaban J connectivity index is 2.29. The summed E-state index contributed by atoms with van der Waals surface area (Å²) in [5, 5.41) is 3.50. The minimum absolute atomic E-state index is 0.00630. The number of nitrogens with one attached hydrogen (secondary N) is 1. The van der Waals surface area contributed by atoms with Gasteiger partial charge in [-0.05, 0) is 19.0 Å². The molecule has 2 rings (SSSR count). The molecule has 0 aliphatic rings. The number of para-hydroxylation sites is 1. The highest BCUT2D eigenvalue weighted by molar-refractivity contribution is 5.35. The molecule has 0 aliphatic carbocycles. The highest BCUT2D eigenvalue weighted by Gasteiger charge is 2.16. The van der Waals surface area contributed by atoms with Crippen LogP contribution in [-0.4, -0.2) is 22.8 Å². The van der Waals surface area contributed by atoms with Crippen molar-refractivity contribution in [2.75, 3.05) is 13.7 Å². The van der Waals surface area contributed by atoms with Crippen molar-refractivity contribution in [3.8, 4) is 5.75 Å². The van der Waals surface area contributed by atoms with Crippen molar-refractivity contribution in [3.05, 3.63) is 52.7 Å². The number of aromatic nitrogens is 2. The van der Waals surface area contributed by atoms with Crippen molar-refractivity contribution >= 4 is 0 Å². The number of imidazole rings is 1. The maximum Gasteiger partial charge on any atom is 0.327 e. The van der Waals surface area contributed by atoms with Crippen molar-refractivity contribution in [2.24, 2.45) is 7.05 Å². The van der Waals surface area contributed by atoms with Crippen LogP contribution in [0, 0.1) is 0 Å². The lowest BCUT2D eigenvalue weighted by atomic mass is 10.1. The number of methoxy groups -OCH3 is 1. The van der Waals surface area contributed by atoms with E-state index in [1.54, 1.807) is 29.5 Å². The summed E-state index contributed by atoms with van der Waals surface area (Å²) >= 11 is 0. The van der Waals surface area contributed by atoms with E-state index in [1.165, 1.54) is 0 Å². The van der Waals surface area contributed by atoms with Crippen molar-refractivity contribution in [1.29, 1.82) is 0 Å². The first kappa shape index (κ1) is 15.4. The highest BCUT2D eigenvalue weighted by Crippen LogP contribution is 2.25. The van der Waals surface area contributed by atoms with E-state index in [1.807, 2.05) is 30.5 Å². The molecular weight excluding hydrogens is 266 g/mol. The summed E-state index contributed by atoms with van der Waals surface area (Å²) in [4.78, 5) is 12.0. The molecule has 114 valence electrons. The summed E-state index contributed by atoms with van der Waals surface area (Å²) in [7, 11) is 3.43. The van der Waals surface area contributed by atoms with Crippen molar-refractivity contribution in [3.63, 3.8) is 0 Å². The molecule has 0 aliphatic heterocycles. The fraction of sp³-hybridized carbons (Fsp3) is 0.438. The van der Waals surface area contributed by atoms with Crippen LogP contribution in [0.15, 0.2) is 41.5 Å². The summed E-state index contributed by atoms with van der Waals surface area (Å²) in [6.45, 7) is 3.60. The number of hydrogen-bond donors (Lipinski definition) is 1. The molecule has 21 heavy (non-hydrogen) atoms. The minimum Gasteiger partial charge on any atom is -0.496 e. The second-order valence-electron chi connectivity index (χ2n) is 5.09. The van der Waals surface area contributed by atoms with Gasteiger partial charge in [0.2, 0.25) is 0 Å². The van der Waals surface area contributed by atoms with Crippen LogP contribution >= 0.6 is 0 Å². The molecule has 5 nitrogen and oxygen atoms in total. The zero-order valence-electron chi connectivity index (χ0n) is 12.9. The Morgan fingerprint density at radius 3 is 2.67 bits per heavy atom. The smallest absolute Gasteiger partial charge is 0.327 e. The van der Waals surface area contributed by atoms with Gasteiger partial charge in [-0.3, -0.25) is 4.57 Å². The third-order valence-electron chi connectivity index (χ3n) is 3.55. The molecule has 0 bridgehead atoms. The molecule has 1 unspecified atom stereocenters. The number of rotatable bonds is 7. The van der Waals surface area contributed by atoms with Crippen LogP contribution in [0.3, 0.4) is 0 Å². The van der Waals surface area contributed by atoms with Crippen LogP contribution in [0.4, 0.5) is 0 Å². The summed E-state index contributed by atoms with van der Waals surface area (Å²) in [5.41, 5.74) is 1.07. The molecular formula is C16H23N3O2. The molecule has 1 atom stereocenters. The van der Waals surface area contributed by atoms with Gasteiger partial charge >= 0.3 is 5.69 Å². The van der Waals surface area contributed by atoms with E-state index < -0.39 is 0 Å². The quantitative estimate of drug-likeness (QED) is 0.847. The molecule has 0 radical (unpaired) electrons. The van der Waals surface area contributed by atoms with Gasteiger partial charge in [0.15, 0.2) is 0 Å². The zero-order chi connectivity index (χ0) is 15.2. The Morgan fingerprint density at radius 1 is 1.29 bits per heavy atom. The average molecular weight is 289 g/mol. The normalized spacial score (nSPS) is 12.3. The third kappa shape index (κ3) is 3.55. The summed E-state index contributed by atoms with van der Waals surface area (Å²) in [6.07, 6.45) is 4.63. The van der Waals surface area contributed by atoms with E-state index in [9.17, 15) is 4.79 Å². The van der Waals surface area contributed by atoms with Gasteiger partial charge in [-0.15, -0.1) is 0 Å². The SMILES string of the molecule is CCCNC(Cn1ccn(C)c1=O)c1ccccc1OC. The zero-order valence-corrected chi connectivity index (χ0v) is 12.9. The predicted octanol–water partition coefficient (Wildman–Crippen LogP) is 1.94. The van der Waals surface area contributed by atoms with Crippen molar-refractivity contribution in [2.45, 2.75) is 25.9 Å². The van der Waals surface area contributed by atoms with E-state index in [2.05, 4.69) is 12.2 Å². The van der Waals surface area contributed by atoms with Crippen LogP contribution in [0.25, 0.3) is 0 Å². The van der Waals surface area contributed by atoms with Gasteiger partial charge in [-0.2, -0.15) is 0 Å². The molecule has 1 aromatic heterocycles. The second-order valence-corrected chi connectivity index (χ2v) is 5.09. The molecule has 0 saturated heterocycles. The summed E-state index contributed by atoms with van der Waals surface area (Å²) in [6, 6.07) is 7.98. The predicted molar refractivity (Wildman–Crippen MR) is 83.7 cm³/mol. The molecule has 0 amide bonds. The number of hydrogen-bond acceptors (Lipinski definition) is 3. The fourth-order valence-electron chi connectivity index (χ4n) is 2.39. The lowest BCUT2D eigenvalue weighted by molar-refractivity contribution is 0.387. The van der Waals surface area contributed by atoms with E-state index in [0.29, 0.717) is 6.54 Å². The lowest BCUT2D eigenvalue weighted by Crippen LogP contribution is -2.31. The first-order valence-corrected chi connectivity index (χ1v) is 7.25. The maximum absolute atomic E-state index is 12.0. The van der Waals surface area contributed by atoms with Gasteiger partial charge in [0.05, 0.1) is 13.2 Å². The Morgan fingerprint density at radius 2 is 2.05 bits per heavy atom. The van der Waals surface area contributed by atoms with Crippen LogP contribution in [-0.2, 0) is 13.6 Å². The molecule has 1 N–H and O–H groups in total. The molecule has 5 heteroatoms. The van der Waals surface area contributed by atoms with E-state index in [4.69, 9.17) is 4.74 Å². The monoisotopic (exact) mass is 289 g/mol. The van der Waals surface area contributed by atoms with Crippen LogP contribution in [0.2, 0.25) is 0 Å². The Labute approximate surface area is 125 Å². The Kier molecular flexibility index (Phi) is 5.22. The molecule has 1 heterocycles. The van der Waals surface area contributed by atoms with Crippen molar-refractivity contribution in [1.82, 2.24) is 14.5 Å². The molecule has 2 aromatic rings. The largest absolute Gasteiger partial charge is 0.496 e. The average Bonchev–Trinajstić information content (AvgIpc) is 2.83. The fourth-order valence-corrected chi connectivity index (χ4v) is 2.39. The number of aryl methyl sites for hydroxylation is 1. The van der Waals surface area contributed by atoms with E-state index in [0.717, 1.165) is 24.3 Å². The van der Waals surface area contributed by atoms with E-state index >= 15 is 0 Å². The van der Waals surface area contributed by atoms with Crippen LogP contribution in [0.1, 0.15) is 24.9 Å². The van der Waals surface area contributed by atoms with Gasteiger partial charge in [0.1, 0.15) is 5.75 Å². The standard InChI is InChI=1S/C16H23N3O2/c1-4-9-17-14(12-19-11-10-18(2)16(19)20)13-7-5-6-8-15(13)21-3/h5-8,10-11,14,17H,4,9,12H2,1-3H3. The van der Waals surface area contributed by atoms with Gasteiger partial charge in [-0.1, -0.05) is 25.1 Å². The van der Waals surface area contributed by atoms with Gasteiger partial charge in [-0.25, -0.2) is 4.79 Å². The third-order valence-corrected chi connectivity index (χ3v) is 3.55. The number of ether oxygens (including phenoxy) is 1. The van der Waals surface area contributed by atoms with Crippen molar-refractivity contribution < 1.29 is 4.74 Å². The molecule has 0 fully saturated rings. The summed E-state index contributed by atoms with van der Waals surface area (Å²) in [5.74, 6) is 0.843. The van der Waals surface area contributed by atoms with E-state index in [-0.39, 0.29) is 11.7 Å². The number of benzene rings is 1. The van der Waals surface area contributed by atoms with Gasteiger partial charge < -0.3 is 14.6 Å². The lowest BCUT2D eigenvalue weighted by Gasteiger charge is -2.21. The second kappa shape index (κ2) is 7.13. The molecule has 0 spiro atoms. The molecule has 0 saturated carbocycles. The van der Waals surface area contributed by atoms with Crippen LogP contribution < -0.4 is 15.7 Å². The minimum atomic E-state index is -0.00630.